The Labute approximate surface area is 140 Å². The SMILES string of the molecule is Cc1cc(C)n(-c2ccc(C(=O)NC(C)c3ccccn3)cn2)n1. The predicted molar refractivity (Wildman–Crippen MR) is 91.0 cm³/mol. The van der Waals surface area contributed by atoms with Gasteiger partial charge in [0, 0.05) is 18.1 Å². The fourth-order valence-electron chi connectivity index (χ4n) is 2.49. The zero-order valence-corrected chi connectivity index (χ0v) is 13.9. The van der Waals surface area contributed by atoms with Gasteiger partial charge >= 0.3 is 0 Å². The number of hydrogen-bond donors (Lipinski definition) is 1. The highest BCUT2D eigenvalue weighted by Gasteiger charge is 2.13. The molecule has 1 atom stereocenters. The van der Waals surface area contributed by atoms with Gasteiger partial charge in [0.2, 0.25) is 0 Å². The summed E-state index contributed by atoms with van der Waals surface area (Å²) in [6.45, 7) is 5.80. The summed E-state index contributed by atoms with van der Waals surface area (Å²) in [5, 5.41) is 7.31. The van der Waals surface area contributed by atoms with Crippen LogP contribution in [0.5, 0.6) is 0 Å². The molecule has 1 amide bonds. The number of carbonyl (C=O) groups is 1. The molecule has 0 aliphatic carbocycles. The molecule has 0 spiro atoms. The second-order valence-corrected chi connectivity index (χ2v) is 5.69. The van der Waals surface area contributed by atoms with Crippen LogP contribution in [-0.4, -0.2) is 25.7 Å². The summed E-state index contributed by atoms with van der Waals surface area (Å²) < 4.78 is 1.76. The van der Waals surface area contributed by atoms with Crippen LogP contribution in [0, 0.1) is 13.8 Å². The first-order chi connectivity index (χ1) is 11.5. The Morgan fingerprint density at radius 2 is 2.00 bits per heavy atom. The van der Waals surface area contributed by atoms with Crippen molar-refractivity contribution in [2.45, 2.75) is 26.8 Å². The molecule has 1 N–H and O–H groups in total. The monoisotopic (exact) mass is 321 g/mol. The van der Waals surface area contributed by atoms with Crippen molar-refractivity contribution in [2.75, 3.05) is 0 Å². The maximum absolute atomic E-state index is 12.3. The Morgan fingerprint density at radius 3 is 2.58 bits per heavy atom. The summed E-state index contributed by atoms with van der Waals surface area (Å²) in [7, 11) is 0. The highest BCUT2D eigenvalue weighted by Crippen LogP contribution is 2.12. The van der Waals surface area contributed by atoms with E-state index in [2.05, 4.69) is 20.4 Å². The summed E-state index contributed by atoms with van der Waals surface area (Å²) in [6.07, 6.45) is 3.27. The molecule has 0 radical (unpaired) electrons. The van der Waals surface area contributed by atoms with Gasteiger partial charge in [-0.1, -0.05) is 6.07 Å². The Kier molecular flexibility index (Phi) is 4.37. The highest BCUT2D eigenvalue weighted by atomic mass is 16.1. The third kappa shape index (κ3) is 3.32. The first kappa shape index (κ1) is 15.9. The largest absolute Gasteiger partial charge is 0.344 e. The Bertz CT molecular complexity index is 840. The van der Waals surface area contributed by atoms with Crippen LogP contribution >= 0.6 is 0 Å². The molecule has 3 aromatic rings. The minimum atomic E-state index is -0.180. The topological polar surface area (TPSA) is 72.7 Å². The van der Waals surface area contributed by atoms with Crippen molar-refractivity contribution >= 4 is 5.91 Å². The quantitative estimate of drug-likeness (QED) is 0.802. The minimum absolute atomic E-state index is 0.172. The van der Waals surface area contributed by atoms with Crippen molar-refractivity contribution in [3.63, 3.8) is 0 Å². The van der Waals surface area contributed by atoms with Crippen molar-refractivity contribution < 1.29 is 4.79 Å². The Hall–Kier alpha value is -3.02. The lowest BCUT2D eigenvalue weighted by molar-refractivity contribution is 0.0939. The van der Waals surface area contributed by atoms with E-state index < -0.39 is 0 Å². The number of hydrogen-bond acceptors (Lipinski definition) is 4. The van der Waals surface area contributed by atoms with Gasteiger partial charge in [0.15, 0.2) is 5.82 Å². The Morgan fingerprint density at radius 1 is 1.17 bits per heavy atom. The molecule has 24 heavy (non-hydrogen) atoms. The maximum atomic E-state index is 12.3. The maximum Gasteiger partial charge on any atom is 0.253 e. The number of pyridine rings is 2. The van der Waals surface area contributed by atoms with Crippen LogP contribution in [-0.2, 0) is 0 Å². The molecular formula is C18H19N5O. The van der Waals surface area contributed by atoms with Gasteiger partial charge in [-0.3, -0.25) is 9.78 Å². The normalized spacial score (nSPS) is 12.0. The molecule has 3 heterocycles. The van der Waals surface area contributed by atoms with Gasteiger partial charge in [-0.05, 0) is 51.1 Å². The van der Waals surface area contributed by atoms with Crippen LogP contribution < -0.4 is 5.32 Å². The van der Waals surface area contributed by atoms with Crippen LogP contribution in [0.1, 0.15) is 40.4 Å². The molecule has 0 aliphatic rings. The smallest absolute Gasteiger partial charge is 0.253 e. The minimum Gasteiger partial charge on any atom is -0.344 e. The third-order valence-electron chi connectivity index (χ3n) is 3.72. The molecule has 6 heteroatoms. The summed E-state index contributed by atoms with van der Waals surface area (Å²) in [5.41, 5.74) is 3.25. The summed E-state index contributed by atoms with van der Waals surface area (Å²) >= 11 is 0. The molecule has 0 fully saturated rings. The van der Waals surface area contributed by atoms with Gasteiger partial charge in [-0.15, -0.1) is 0 Å². The fraction of sp³-hybridized carbons (Fsp3) is 0.222. The average Bonchev–Trinajstić information content (AvgIpc) is 2.94. The van der Waals surface area contributed by atoms with Gasteiger partial charge in [0.25, 0.3) is 5.91 Å². The van der Waals surface area contributed by atoms with Gasteiger partial charge in [-0.2, -0.15) is 5.10 Å². The number of nitrogens with zero attached hydrogens (tertiary/aromatic N) is 4. The summed E-state index contributed by atoms with van der Waals surface area (Å²) in [6, 6.07) is 11.0. The summed E-state index contributed by atoms with van der Waals surface area (Å²) in [4.78, 5) is 20.9. The van der Waals surface area contributed by atoms with Gasteiger partial charge in [-0.25, -0.2) is 9.67 Å². The first-order valence-electron chi connectivity index (χ1n) is 7.76. The lowest BCUT2D eigenvalue weighted by Gasteiger charge is -2.13. The van der Waals surface area contributed by atoms with Crippen molar-refractivity contribution in [3.8, 4) is 5.82 Å². The van der Waals surface area contributed by atoms with Crippen LogP contribution in [0.4, 0.5) is 0 Å². The molecule has 6 nitrogen and oxygen atoms in total. The summed E-state index contributed by atoms with van der Waals surface area (Å²) in [5.74, 6) is 0.510. The third-order valence-corrected chi connectivity index (χ3v) is 3.72. The molecule has 0 saturated heterocycles. The van der Waals surface area contributed by atoms with Crippen molar-refractivity contribution in [1.29, 1.82) is 0 Å². The van der Waals surface area contributed by atoms with E-state index in [0.29, 0.717) is 11.4 Å². The van der Waals surface area contributed by atoms with E-state index in [1.165, 1.54) is 0 Å². The number of aromatic nitrogens is 4. The number of aryl methyl sites for hydroxylation is 2. The average molecular weight is 321 g/mol. The first-order valence-corrected chi connectivity index (χ1v) is 7.76. The van der Waals surface area contributed by atoms with Gasteiger partial charge < -0.3 is 5.32 Å². The number of carbonyl (C=O) groups excluding carboxylic acids is 1. The predicted octanol–water partition coefficient (Wildman–Crippen LogP) is 2.77. The zero-order valence-electron chi connectivity index (χ0n) is 13.9. The van der Waals surface area contributed by atoms with Crippen LogP contribution in [0.2, 0.25) is 0 Å². The van der Waals surface area contributed by atoms with E-state index in [-0.39, 0.29) is 11.9 Å². The highest BCUT2D eigenvalue weighted by molar-refractivity contribution is 5.94. The number of nitrogens with one attached hydrogen (secondary N) is 1. The standard InChI is InChI=1S/C18H19N5O/c1-12-10-13(2)23(22-12)17-8-7-15(11-20-17)18(24)21-14(3)16-6-4-5-9-19-16/h4-11,14H,1-3H3,(H,21,24). The second kappa shape index (κ2) is 6.62. The molecular weight excluding hydrogens is 302 g/mol. The molecule has 122 valence electrons. The lowest BCUT2D eigenvalue weighted by Crippen LogP contribution is -2.27. The molecule has 0 saturated carbocycles. The second-order valence-electron chi connectivity index (χ2n) is 5.69. The van der Waals surface area contributed by atoms with Crippen molar-refractivity contribution in [1.82, 2.24) is 25.1 Å². The van der Waals surface area contributed by atoms with E-state index >= 15 is 0 Å². The molecule has 0 bridgehead atoms. The molecule has 1 unspecified atom stereocenters. The lowest BCUT2D eigenvalue weighted by atomic mass is 10.2. The molecule has 3 aromatic heterocycles. The van der Waals surface area contributed by atoms with Crippen LogP contribution in [0.3, 0.4) is 0 Å². The number of amides is 1. The Balaban J connectivity index is 1.73. The van der Waals surface area contributed by atoms with E-state index in [9.17, 15) is 4.79 Å². The fourth-order valence-corrected chi connectivity index (χ4v) is 2.49. The number of rotatable bonds is 4. The van der Waals surface area contributed by atoms with Gasteiger partial charge in [0.05, 0.1) is 23.0 Å². The molecule has 0 aromatic carbocycles. The van der Waals surface area contributed by atoms with E-state index in [1.54, 1.807) is 29.2 Å². The van der Waals surface area contributed by atoms with Crippen LogP contribution in [0.15, 0.2) is 48.8 Å². The van der Waals surface area contributed by atoms with E-state index in [1.807, 2.05) is 45.0 Å². The molecule has 0 aliphatic heterocycles. The van der Waals surface area contributed by atoms with E-state index in [0.717, 1.165) is 17.1 Å². The van der Waals surface area contributed by atoms with E-state index in [4.69, 9.17) is 0 Å². The van der Waals surface area contributed by atoms with Gasteiger partial charge in [0.1, 0.15) is 0 Å². The zero-order chi connectivity index (χ0) is 17.1. The van der Waals surface area contributed by atoms with Crippen molar-refractivity contribution in [3.05, 3.63) is 71.4 Å². The molecule has 3 rings (SSSR count). The van der Waals surface area contributed by atoms with Crippen LogP contribution in [0.25, 0.3) is 5.82 Å². The van der Waals surface area contributed by atoms with Crippen molar-refractivity contribution in [2.24, 2.45) is 0 Å².